The van der Waals surface area contributed by atoms with Crippen molar-refractivity contribution in [3.05, 3.63) is 67.8 Å². The Morgan fingerprint density at radius 2 is 1.75 bits per heavy atom. The second-order valence-electron chi connectivity index (χ2n) is 4.15. The highest BCUT2D eigenvalue weighted by Crippen LogP contribution is 2.29. The maximum absolute atomic E-state index is 13.3. The minimum Gasteiger partial charge on any atom is -0.268 e. The number of aromatic nitrogens is 2. The first-order chi connectivity index (χ1) is 9.58. The van der Waals surface area contributed by atoms with Crippen LogP contribution in [0.5, 0.6) is 0 Å². The van der Waals surface area contributed by atoms with Crippen LogP contribution in [-0.4, -0.2) is 9.55 Å². The summed E-state index contributed by atoms with van der Waals surface area (Å²) in [5.41, 5.74) is 0.946. The molecule has 1 heterocycles. The fourth-order valence-electron chi connectivity index (χ4n) is 1.99. The van der Waals surface area contributed by atoms with E-state index in [0.717, 1.165) is 0 Å². The summed E-state index contributed by atoms with van der Waals surface area (Å²) in [7, 11) is 0. The van der Waals surface area contributed by atoms with E-state index >= 15 is 0 Å². The highest BCUT2D eigenvalue weighted by Gasteiger charge is 2.13. The molecule has 0 saturated carbocycles. The van der Waals surface area contributed by atoms with E-state index in [4.69, 9.17) is 0 Å². The maximum Gasteiger partial charge on any atom is 0.265 e. The summed E-state index contributed by atoms with van der Waals surface area (Å²) in [5.74, 6) is -0.394. The largest absolute Gasteiger partial charge is 0.268 e. The predicted octanol–water partition coefficient (Wildman–Crippen LogP) is 4.05. The van der Waals surface area contributed by atoms with Crippen molar-refractivity contribution in [3.8, 4) is 5.69 Å². The number of benzene rings is 2. The Labute approximate surface area is 130 Å². The zero-order chi connectivity index (χ0) is 14.3. The second kappa shape index (κ2) is 5.10. The van der Waals surface area contributed by atoms with Gasteiger partial charge in [-0.15, -0.1) is 0 Å². The average molecular weight is 398 g/mol. The quantitative estimate of drug-likeness (QED) is 0.620. The molecule has 0 N–H and O–H groups in total. The molecule has 1 aromatic heterocycles. The summed E-state index contributed by atoms with van der Waals surface area (Å²) in [5, 5.41) is 0.512. The van der Waals surface area contributed by atoms with Gasteiger partial charge >= 0.3 is 0 Å². The Hall–Kier alpha value is -1.53. The van der Waals surface area contributed by atoms with Gasteiger partial charge in [0.15, 0.2) is 0 Å². The van der Waals surface area contributed by atoms with Crippen molar-refractivity contribution in [3.63, 3.8) is 0 Å². The number of hydrogen-bond acceptors (Lipinski definition) is 2. The number of para-hydroxylation sites is 1. The van der Waals surface area contributed by atoms with Crippen molar-refractivity contribution in [1.82, 2.24) is 9.55 Å². The molecule has 0 bridgehead atoms. The van der Waals surface area contributed by atoms with E-state index in [2.05, 4.69) is 36.8 Å². The molecule has 0 amide bonds. The van der Waals surface area contributed by atoms with Crippen LogP contribution in [0.3, 0.4) is 0 Å². The Bertz CT molecular complexity index is 853. The molecule has 0 unspecified atom stereocenters. The van der Waals surface area contributed by atoms with Crippen LogP contribution in [-0.2, 0) is 0 Å². The summed E-state index contributed by atoms with van der Waals surface area (Å²) in [6.45, 7) is 0. The van der Waals surface area contributed by atoms with Gasteiger partial charge in [-0.3, -0.25) is 9.36 Å². The molecule has 0 aliphatic heterocycles. The van der Waals surface area contributed by atoms with Gasteiger partial charge in [-0.1, -0.05) is 12.1 Å². The van der Waals surface area contributed by atoms with E-state index in [-0.39, 0.29) is 5.56 Å². The van der Waals surface area contributed by atoms with Crippen molar-refractivity contribution in [2.75, 3.05) is 0 Å². The SMILES string of the molecule is O=c1c2ccccc2ncn1-c1c(Br)cc(F)cc1Br. The lowest BCUT2D eigenvalue weighted by Crippen LogP contribution is -2.19. The molecule has 0 aliphatic rings. The summed E-state index contributed by atoms with van der Waals surface area (Å²) in [6.07, 6.45) is 1.44. The van der Waals surface area contributed by atoms with Crippen LogP contribution in [0, 0.1) is 5.82 Å². The van der Waals surface area contributed by atoms with Crippen molar-refractivity contribution in [2.24, 2.45) is 0 Å². The van der Waals surface area contributed by atoms with Crippen LogP contribution < -0.4 is 5.56 Å². The van der Waals surface area contributed by atoms with Crippen molar-refractivity contribution < 1.29 is 4.39 Å². The van der Waals surface area contributed by atoms with Crippen LogP contribution in [0.4, 0.5) is 4.39 Å². The molecule has 2 aromatic carbocycles. The van der Waals surface area contributed by atoms with E-state index < -0.39 is 5.82 Å². The molecule has 3 aromatic rings. The first-order valence-corrected chi connectivity index (χ1v) is 7.28. The molecule has 100 valence electrons. The third-order valence-corrected chi connectivity index (χ3v) is 4.10. The number of nitrogens with zero attached hydrogens (tertiary/aromatic N) is 2. The van der Waals surface area contributed by atoms with Gasteiger partial charge in [0.2, 0.25) is 0 Å². The molecule has 6 heteroatoms. The number of hydrogen-bond donors (Lipinski definition) is 0. The Balaban J connectivity index is 2.36. The molecule has 0 fully saturated rings. The number of rotatable bonds is 1. The molecule has 0 radical (unpaired) electrons. The van der Waals surface area contributed by atoms with E-state index in [1.165, 1.54) is 23.0 Å². The van der Waals surface area contributed by atoms with E-state index in [1.54, 1.807) is 18.2 Å². The smallest absolute Gasteiger partial charge is 0.265 e. The zero-order valence-corrected chi connectivity index (χ0v) is 13.2. The first kappa shape index (κ1) is 13.5. The first-order valence-electron chi connectivity index (χ1n) is 5.69. The van der Waals surface area contributed by atoms with Crippen LogP contribution in [0.15, 0.2) is 56.5 Å². The lowest BCUT2D eigenvalue weighted by molar-refractivity contribution is 0.625. The van der Waals surface area contributed by atoms with Gasteiger partial charge in [0.05, 0.1) is 16.6 Å². The van der Waals surface area contributed by atoms with Crippen LogP contribution in [0.1, 0.15) is 0 Å². The molecule has 3 rings (SSSR count). The number of halogens is 3. The van der Waals surface area contributed by atoms with E-state index in [1.807, 2.05) is 6.07 Å². The fourth-order valence-corrected chi connectivity index (χ4v) is 3.51. The minimum atomic E-state index is -0.394. The van der Waals surface area contributed by atoms with Crippen LogP contribution in [0.25, 0.3) is 16.6 Å². The van der Waals surface area contributed by atoms with Crippen molar-refractivity contribution >= 4 is 42.8 Å². The Morgan fingerprint density at radius 3 is 2.45 bits per heavy atom. The second-order valence-corrected chi connectivity index (χ2v) is 5.86. The molecule has 0 saturated heterocycles. The lowest BCUT2D eigenvalue weighted by atomic mass is 10.2. The predicted molar refractivity (Wildman–Crippen MR) is 82.7 cm³/mol. The monoisotopic (exact) mass is 396 g/mol. The topological polar surface area (TPSA) is 34.9 Å². The third kappa shape index (κ3) is 2.19. The normalized spacial score (nSPS) is 10.9. The van der Waals surface area contributed by atoms with Gasteiger partial charge < -0.3 is 0 Å². The molecule has 0 atom stereocenters. The van der Waals surface area contributed by atoms with Crippen LogP contribution in [0.2, 0.25) is 0 Å². The molecule has 0 aliphatic carbocycles. The molecular formula is C14H7Br2FN2O. The average Bonchev–Trinajstić information content (AvgIpc) is 2.40. The summed E-state index contributed by atoms with van der Waals surface area (Å²) < 4.78 is 15.7. The molecule has 20 heavy (non-hydrogen) atoms. The minimum absolute atomic E-state index is 0.205. The van der Waals surface area contributed by atoms with Gasteiger partial charge in [-0.25, -0.2) is 9.37 Å². The summed E-state index contributed by atoms with van der Waals surface area (Å²) >= 11 is 6.55. The van der Waals surface area contributed by atoms with Crippen LogP contribution >= 0.6 is 31.9 Å². The lowest BCUT2D eigenvalue weighted by Gasteiger charge is -2.11. The molecule has 0 spiro atoms. The Kier molecular flexibility index (Phi) is 3.43. The van der Waals surface area contributed by atoms with E-state index in [0.29, 0.717) is 25.5 Å². The maximum atomic E-state index is 13.3. The van der Waals surface area contributed by atoms with Crippen molar-refractivity contribution in [2.45, 2.75) is 0 Å². The summed E-state index contributed by atoms with van der Waals surface area (Å²) in [4.78, 5) is 16.8. The molecule has 3 nitrogen and oxygen atoms in total. The van der Waals surface area contributed by atoms with Gasteiger partial charge in [0.25, 0.3) is 5.56 Å². The molecular weight excluding hydrogens is 391 g/mol. The Morgan fingerprint density at radius 1 is 1.10 bits per heavy atom. The van der Waals surface area contributed by atoms with Gasteiger partial charge in [0, 0.05) is 8.95 Å². The summed E-state index contributed by atoms with van der Waals surface area (Å²) in [6, 6.07) is 9.71. The van der Waals surface area contributed by atoms with E-state index in [9.17, 15) is 9.18 Å². The highest BCUT2D eigenvalue weighted by atomic mass is 79.9. The van der Waals surface area contributed by atoms with Crippen molar-refractivity contribution in [1.29, 1.82) is 0 Å². The van der Waals surface area contributed by atoms with Gasteiger partial charge in [-0.2, -0.15) is 0 Å². The number of fused-ring (bicyclic) bond motifs is 1. The zero-order valence-electron chi connectivity index (χ0n) is 9.98. The fraction of sp³-hybridized carbons (Fsp3) is 0. The van der Waals surface area contributed by atoms with Gasteiger partial charge in [-0.05, 0) is 56.1 Å². The third-order valence-electron chi connectivity index (χ3n) is 2.89. The highest BCUT2D eigenvalue weighted by molar-refractivity contribution is 9.11. The van der Waals surface area contributed by atoms with Gasteiger partial charge in [0.1, 0.15) is 12.1 Å². The standard InChI is InChI=1S/C14H7Br2FN2O/c15-10-5-8(17)6-11(16)13(10)19-7-18-12-4-2-1-3-9(12)14(19)20/h1-7H.